The molecule has 0 saturated heterocycles. The molecule has 0 amide bonds. The first-order chi connectivity index (χ1) is 9.66. The second-order valence-electron chi connectivity index (χ2n) is 4.87. The first-order valence-electron chi connectivity index (χ1n) is 6.64. The average molecular weight is 285 g/mol. The summed E-state index contributed by atoms with van der Waals surface area (Å²) < 4.78 is 0. The van der Waals surface area contributed by atoms with Crippen LogP contribution in [-0.2, 0) is 0 Å². The fraction of sp³-hybridized carbons (Fsp3) is 0.235. The van der Waals surface area contributed by atoms with Crippen LogP contribution >= 0.6 is 11.8 Å². The van der Waals surface area contributed by atoms with Gasteiger partial charge in [-0.05, 0) is 38.4 Å². The first kappa shape index (κ1) is 14.8. The molecule has 0 unspecified atom stereocenters. The van der Waals surface area contributed by atoms with E-state index >= 15 is 0 Å². The van der Waals surface area contributed by atoms with Crippen LogP contribution in [0, 0.1) is 0 Å². The van der Waals surface area contributed by atoms with Gasteiger partial charge in [-0.3, -0.25) is 4.79 Å². The summed E-state index contributed by atoms with van der Waals surface area (Å²) in [5.41, 5.74) is 1.48. The summed E-state index contributed by atoms with van der Waals surface area (Å²) in [6.07, 6.45) is 0. The van der Waals surface area contributed by atoms with Crippen LogP contribution in [0.15, 0.2) is 59.5 Å². The van der Waals surface area contributed by atoms with Gasteiger partial charge in [-0.1, -0.05) is 30.3 Å². The van der Waals surface area contributed by atoms with Crippen molar-refractivity contribution < 1.29 is 4.79 Å². The standard InChI is InChI=1S/C17H19NOS/c1-18(2)12-13-20-16-10-8-15(9-11-16)17(19)14-6-4-3-5-7-14/h3-11H,12-13H2,1-2H3. The summed E-state index contributed by atoms with van der Waals surface area (Å²) in [5.74, 6) is 1.13. The Morgan fingerprint density at radius 1 is 0.950 bits per heavy atom. The Hall–Kier alpha value is -1.58. The number of benzene rings is 2. The Bertz CT molecular complexity index is 549. The highest BCUT2D eigenvalue weighted by Crippen LogP contribution is 2.19. The lowest BCUT2D eigenvalue weighted by molar-refractivity contribution is 0.103. The Morgan fingerprint density at radius 3 is 2.15 bits per heavy atom. The van der Waals surface area contributed by atoms with Gasteiger partial charge in [-0.25, -0.2) is 0 Å². The normalized spacial score (nSPS) is 10.8. The molecule has 104 valence electrons. The SMILES string of the molecule is CN(C)CCSc1ccc(C(=O)c2ccccc2)cc1. The second kappa shape index (κ2) is 7.27. The van der Waals surface area contributed by atoms with Crippen LogP contribution in [0.5, 0.6) is 0 Å². The molecule has 2 nitrogen and oxygen atoms in total. The van der Waals surface area contributed by atoms with Crippen molar-refractivity contribution in [2.45, 2.75) is 4.90 Å². The highest BCUT2D eigenvalue weighted by molar-refractivity contribution is 7.99. The van der Waals surface area contributed by atoms with Gasteiger partial charge in [0.2, 0.25) is 0 Å². The molecule has 0 aliphatic carbocycles. The number of carbonyl (C=O) groups is 1. The molecule has 3 heteroatoms. The lowest BCUT2D eigenvalue weighted by atomic mass is 10.0. The van der Waals surface area contributed by atoms with Crippen molar-refractivity contribution in [2.24, 2.45) is 0 Å². The summed E-state index contributed by atoms with van der Waals surface area (Å²) in [6.45, 7) is 1.05. The maximum atomic E-state index is 12.2. The Balaban J connectivity index is 1.99. The molecule has 0 radical (unpaired) electrons. The lowest BCUT2D eigenvalue weighted by Crippen LogP contribution is -2.14. The largest absolute Gasteiger partial charge is 0.309 e. The summed E-state index contributed by atoms with van der Waals surface area (Å²) >= 11 is 1.81. The first-order valence-corrected chi connectivity index (χ1v) is 7.63. The predicted molar refractivity (Wildman–Crippen MR) is 85.6 cm³/mol. The van der Waals surface area contributed by atoms with E-state index in [-0.39, 0.29) is 5.78 Å². The Labute approximate surface area is 124 Å². The van der Waals surface area contributed by atoms with Crippen LogP contribution < -0.4 is 0 Å². The van der Waals surface area contributed by atoms with Gasteiger partial charge in [0.1, 0.15) is 0 Å². The fourth-order valence-electron chi connectivity index (χ4n) is 1.80. The van der Waals surface area contributed by atoms with Crippen molar-refractivity contribution in [1.29, 1.82) is 0 Å². The number of ketones is 1. The Morgan fingerprint density at radius 2 is 1.55 bits per heavy atom. The lowest BCUT2D eigenvalue weighted by Gasteiger charge is -2.09. The molecule has 20 heavy (non-hydrogen) atoms. The average Bonchev–Trinajstić information content (AvgIpc) is 2.48. The van der Waals surface area contributed by atoms with E-state index in [1.165, 1.54) is 4.90 Å². The van der Waals surface area contributed by atoms with Gasteiger partial charge < -0.3 is 4.90 Å². The zero-order chi connectivity index (χ0) is 14.4. The smallest absolute Gasteiger partial charge is 0.193 e. The van der Waals surface area contributed by atoms with Crippen LogP contribution in [0.4, 0.5) is 0 Å². The molecule has 0 heterocycles. The topological polar surface area (TPSA) is 20.3 Å². The number of carbonyl (C=O) groups excluding carboxylic acids is 1. The number of rotatable bonds is 6. The van der Waals surface area contributed by atoms with Crippen molar-refractivity contribution in [3.63, 3.8) is 0 Å². The molecule has 2 rings (SSSR count). The van der Waals surface area contributed by atoms with E-state index in [0.29, 0.717) is 0 Å². The van der Waals surface area contributed by atoms with Crippen molar-refractivity contribution in [3.8, 4) is 0 Å². The predicted octanol–water partition coefficient (Wildman–Crippen LogP) is 3.57. The molecule has 0 aliphatic heterocycles. The number of nitrogens with zero attached hydrogens (tertiary/aromatic N) is 1. The third-order valence-electron chi connectivity index (χ3n) is 2.96. The van der Waals surface area contributed by atoms with E-state index in [1.807, 2.05) is 66.4 Å². The van der Waals surface area contributed by atoms with Gasteiger partial charge in [0.15, 0.2) is 5.78 Å². The van der Waals surface area contributed by atoms with E-state index in [0.717, 1.165) is 23.4 Å². The van der Waals surface area contributed by atoms with Gasteiger partial charge >= 0.3 is 0 Å². The second-order valence-corrected chi connectivity index (χ2v) is 6.04. The van der Waals surface area contributed by atoms with Crippen LogP contribution in [0.25, 0.3) is 0 Å². The minimum atomic E-state index is 0.0791. The molecule has 2 aromatic carbocycles. The number of hydrogen-bond acceptors (Lipinski definition) is 3. The van der Waals surface area contributed by atoms with Crippen LogP contribution in [0.2, 0.25) is 0 Å². The molecule has 0 spiro atoms. The van der Waals surface area contributed by atoms with E-state index in [2.05, 4.69) is 19.0 Å². The molecule has 0 bridgehead atoms. The van der Waals surface area contributed by atoms with E-state index in [4.69, 9.17) is 0 Å². The minimum Gasteiger partial charge on any atom is -0.309 e. The minimum absolute atomic E-state index is 0.0791. The fourth-order valence-corrected chi connectivity index (χ4v) is 2.83. The summed E-state index contributed by atoms with van der Waals surface area (Å²) in [4.78, 5) is 15.6. The quantitative estimate of drug-likeness (QED) is 0.598. The van der Waals surface area contributed by atoms with Crippen LogP contribution in [-0.4, -0.2) is 37.1 Å². The zero-order valence-electron chi connectivity index (χ0n) is 11.9. The van der Waals surface area contributed by atoms with Crippen LogP contribution in [0.3, 0.4) is 0 Å². The highest BCUT2D eigenvalue weighted by atomic mass is 32.2. The van der Waals surface area contributed by atoms with Crippen molar-refractivity contribution >= 4 is 17.5 Å². The molecule has 0 N–H and O–H groups in total. The molecule has 2 aromatic rings. The third-order valence-corrected chi connectivity index (χ3v) is 3.95. The molecular formula is C17H19NOS. The van der Waals surface area contributed by atoms with Crippen molar-refractivity contribution in [2.75, 3.05) is 26.4 Å². The van der Waals surface area contributed by atoms with Crippen molar-refractivity contribution in [1.82, 2.24) is 4.90 Å². The van der Waals surface area contributed by atoms with Gasteiger partial charge in [-0.15, -0.1) is 11.8 Å². The van der Waals surface area contributed by atoms with Gasteiger partial charge in [0.25, 0.3) is 0 Å². The van der Waals surface area contributed by atoms with E-state index < -0.39 is 0 Å². The molecule has 0 aliphatic rings. The third kappa shape index (κ3) is 4.22. The van der Waals surface area contributed by atoms with E-state index in [1.54, 1.807) is 0 Å². The molecular weight excluding hydrogens is 266 g/mol. The maximum Gasteiger partial charge on any atom is 0.193 e. The van der Waals surface area contributed by atoms with Gasteiger partial charge in [0, 0.05) is 28.3 Å². The van der Waals surface area contributed by atoms with Crippen LogP contribution in [0.1, 0.15) is 15.9 Å². The summed E-state index contributed by atoms with van der Waals surface area (Å²) in [5, 5.41) is 0. The number of thioether (sulfide) groups is 1. The van der Waals surface area contributed by atoms with Gasteiger partial charge in [0.05, 0.1) is 0 Å². The molecule has 0 fully saturated rings. The zero-order valence-corrected chi connectivity index (χ0v) is 12.7. The maximum absolute atomic E-state index is 12.2. The highest BCUT2D eigenvalue weighted by Gasteiger charge is 2.08. The molecule has 0 aromatic heterocycles. The Kier molecular flexibility index (Phi) is 5.39. The van der Waals surface area contributed by atoms with E-state index in [9.17, 15) is 4.79 Å². The molecule has 0 atom stereocenters. The van der Waals surface area contributed by atoms with Gasteiger partial charge in [-0.2, -0.15) is 0 Å². The summed E-state index contributed by atoms with van der Waals surface area (Å²) in [6, 6.07) is 17.3. The monoisotopic (exact) mass is 285 g/mol. The summed E-state index contributed by atoms with van der Waals surface area (Å²) in [7, 11) is 4.14. The number of hydrogen-bond donors (Lipinski definition) is 0. The van der Waals surface area contributed by atoms with Crippen molar-refractivity contribution in [3.05, 3.63) is 65.7 Å². The molecule has 0 saturated carbocycles.